The topological polar surface area (TPSA) is 40.6 Å². The Labute approximate surface area is 166 Å². The normalized spacial score (nSPS) is 14.7. The van der Waals surface area contributed by atoms with Crippen molar-refractivity contribution in [1.82, 2.24) is 4.90 Å². The number of hydrogen-bond acceptors (Lipinski definition) is 3. The highest BCUT2D eigenvalue weighted by atomic mass is 19.1. The second-order valence-electron chi connectivity index (χ2n) is 7.44. The van der Waals surface area contributed by atoms with Gasteiger partial charge in [-0.3, -0.25) is 9.59 Å². The van der Waals surface area contributed by atoms with Gasteiger partial charge >= 0.3 is 0 Å². The molecule has 0 spiro atoms. The first-order valence-corrected chi connectivity index (χ1v) is 9.83. The van der Waals surface area contributed by atoms with Crippen molar-refractivity contribution in [3.05, 3.63) is 65.0 Å². The van der Waals surface area contributed by atoms with Crippen LogP contribution in [-0.2, 0) is 4.79 Å². The first kappa shape index (κ1) is 20.1. The number of carbonyl (C=O) groups is 2. The van der Waals surface area contributed by atoms with Gasteiger partial charge in [0.15, 0.2) is 5.78 Å². The van der Waals surface area contributed by atoms with Crippen molar-refractivity contribution in [3.8, 4) is 0 Å². The third kappa shape index (κ3) is 4.97. The Morgan fingerprint density at radius 1 is 0.929 bits per heavy atom. The van der Waals surface area contributed by atoms with Crippen molar-refractivity contribution in [1.29, 1.82) is 0 Å². The van der Waals surface area contributed by atoms with Gasteiger partial charge in [0.25, 0.3) is 0 Å². The van der Waals surface area contributed by atoms with Crippen LogP contribution in [0.4, 0.5) is 10.1 Å². The zero-order chi connectivity index (χ0) is 20.1. The zero-order valence-electron chi connectivity index (χ0n) is 16.6. The molecule has 0 radical (unpaired) electrons. The van der Waals surface area contributed by atoms with E-state index in [0.29, 0.717) is 25.2 Å². The molecule has 4 nitrogen and oxygen atoms in total. The van der Waals surface area contributed by atoms with Crippen LogP contribution in [0, 0.1) is 19.7 Å². The highest BCUT2D eigenvalue weighted by Gasteiger charge is 2.20. The van der Waals surface area contributed by atoms with E-state index in [2.05, 4.69) is 4.90 Å². The molecular formula is C23H27FN2O2. The van der Waals surface area contributed by atoms with Gasteiger partial charge in [-0.1, -0.05) is 17.7 Å². The van der Waals surface area contributed by atoms with Gasteiger partial charge in [0.2, 0.25) is 5.91 Å². The molecule has 0 atom stereocenters. The number of nitrogens with zero attached hydrogens (tertiary/aromatic N) is 2. The standard InChI is InChI=1S/C23H27FN2O2/c1-17-4-5-18(2)21(16-17)22(27)10-11-23(28)26-13-3-12-25(14-15-26)20-8-6-19(24)7-9-20/h4-9,16H,3,10-15H2,1-2H3. The molecule has 1 heterocycles. The summed E-state index contributed by atoms with van der Waals surface area (Å²) in [6.45, 7) is 6.74. The molecule has 1 saturated heterocycles. The van der Waals surface area contributed by atoms with Gasteiger partial charge in [0.1, 0.15) is 5.82 Å². The summed E-state index contributed by atoms with van der Waals surface area (Å²) in [5.41, 5.74) is 3.69. The van der Waals surface area contributed by atoms with Crippen molar-refractivity contribution >= 4 is 17.4 Å². The molecule has 2 aromatic rings. The third-order valence-corrected chi connectivity index (χ3v) is 5.30. The molecule has 1 aliphatic heterocycles. The maximum atomic E-state index is 13.1. The summed E-state index contributed by atoms with van der Waals surface area (Å²) in [6, 6.07) is 12.3. The largest absolute Gasteiger partial charge is 0.370 e. The molecule has 0 bridgehead atoms. The van der Waals surface area contributed by atoms with Crippen LogP contribution in [-0.4, -0.2) is 42.8 Å². The lowest BCUT2D eigenvalue weighted by Crippen LogP contribution is -2.35. The van der Waals surface area contributed by atoms with Crippen LogP contribution in [0.1, 0.15) is 40.7 Å². The van der Waals surface area contributed by atoms with E-state index in [-0.39, 0.29) is 30.3 Å². The minimum Gasteiger partial charge on any atom is -0.370 e. The predicted molar refractivity (Wildman–Crippen MR) is 109 cm³/mol. The van der Waals surface area contributed by atoms with Crippen molar-refractivity contribution in [2.45, 2.75) is 33.1 Å². The number of hydrogen-bond donors (Lipinski definition) is 0. The van der Waals surface area contributed by atoms with E-state index in [1.807, 2.05) is 36.9 Å². The van der Waals surface area contributed by atoms with Gasteiger partial charge in [-0.25, -0.2) is 4.39 Å². The van der Waals surface area contributed by atoms with E-state index in [9.17, 15) is 14.0 Å². The average molecular weight is 382 g/mol. The van der Waals surface area contributed by atoms with Gasteiger partial charge in [-0.2, -0.15) is 0 Å². The number of halogens is 1. The first-order chi connectivity index (χ1) is 13.4. The number of aryl methyl sites for hydroxylation is 2. The monoisotopic (exact) mass is 382 g/mol. The highest BCUT2D eigenvalue weighted by molar-refractivity contribution is 5.99. The van der Waals surface area contributed by atoms with E-state index >= 15 is 0 Å². The molecule has 5 heteroatoms. The summed E-state index contributed by atoms with van der Waals surface area (Å²) in [5, 5.41) is 0. The van der Waals surface area contributed by atoms with Crippen LogP contribution >= 0.6 is 0 Å². The van der Waals surface area contributed by atoms with Gasteiger partial charge < -0.3 is 9.80 Å². The van der Waals surface area contributed by atoms with Gasteiger partial charge in [0, 0.05) is 50.3 Å². The van der Waals surface area contributed by atoms with Crippen LogP contribution < -0.4 is 4.90 Å². The molecule has 0 N–H and O–H groups in total. The number of rotatable bonds is 5. The van der Waals surface area contributed by atoms with Gasteiger partial charge in [0.05, 0.1) is 0 Å². The molecule has 3 rings (SSSR count). The Morgan fingerprint density at radius 3 is 2.43 bits per heavy atom. The van der Waals surface area contributed by atoms with E-state index in [1.54, 1.807) is 12.1 Å². The molecule has 2 aromatic carbocycles. The summed E-state index contributed by atoms with van der Waals surface area (Å²) >= 11 is 0. The second kappa shape index (κ2) is 9.00. The van der Waals surface area contributed by atoms with Gasteiger partial charge in [-0.15, -0.1) is 0 Å². The summed E-state index contributed by atoms with van der Waals surface area (Å²) in [7, 11) is 0. The Kier molecular flexibility index (Phi) is 6.45. The molecule has 28 heavy (non-hydrogen) atoms. The molecular weight excluding hydrogens is 355 g/mol. The highest BCUT2D eigenvalue weighted by Crippen LogP contribution is 2.18. The summed E-state index contributed by atoms with van der Waals surface area (Å²) in [6.07, 6.45) is 1.33. The minimum atomic E-state index is -0.246. The Morgan fingerprint density at radius 2 is 1.68 bits per heavy atom. The molecule has 1 aliphatic rings. The van der Waals surface area contributed by atoms with Crippen LogP contribution in [0.2, 0.25) is 0 Å². The summed E-state index contributed by atoms with van der Waals surface area (Å²) < 4.78 is 13.1. The third-order valence-electron chi connectivity index (χ3n) is 5.30. The molecule has 0 saturated carbocycles. The van der Waals surface area contributed by atoms with E-state index in [1.165, 1.54) is 12.1 Å². The smallest absolute Gasteiger partial charge is 0.223 e. The van der Waals surface area contributed by atoms with Gasteiger partial charge in [-0.05, 0) is 56.2 Å². The lowest BCUT2D eigenvalue weighted by Gasteiger charge is -2.23. The van der Waals surface area contributed by atoms with E-state index < -0.39 is 0 Å². The fourth-order valence-electron chi connectivity index (χ4n) is 3.63. The average Bonchev–Trinajstić information content (AvgIpc) is 2.94. The van der Waals surface area contributed by atoms with Crippen LogP contribution in [0.25, 0.3) is 0 Å². The van der Waals surface area contributed by atoms with Crippen LogP contribution in [0.3, 0.4) is 0 Å². The van der Waals surface area contributed by atoms with Crippen molar-refractivity contribution < 1.29 is 14.0 Å². The Bertz CT molecular complexity index is 848. The maximum Gasteiger partial charge on any atom is 0.223 e. The first-order valence-electron chi connectivity index (χ1n) is 9.83. The number of benzene rings is 2. The van der Waals surface area contributed by atoms with Crippen LogP contribution in [0.5, 0.6) is 0 Å². The number of ketones is 1. The predicted octanol–water partition coefficient (Wildman–Crippen LogP) is 4.14. The SMILES string of the molecule is Cc1ccc(C)c(C(=O)CCC(=O)N2CCCN(c3ccc(F)cc3)CC2)c1. The molecule has 0 unspecified atom stereocenters. The van der Waals surface area contributed by atoms with E-state index in [0.717, 1.165) is 29.8 Å². The number of Topliss-reactive ketones (excluding diaryl/α,β-unsaturated/α-hetero) is 1. The Hall–Kier alpha value is -2.69. The lowest BCUT2D eigenvalue weighted by atomic mass is 9.99. The zero-order valence-corrected chi connectivity index (χ0v) is 16.6. The molecule has 1 fully saturated rings. The number of carbonyl (C=O) groups excluding carboxylic acids is 2. The van der Waals surface area contributed by atoms with Crippen LogP contribution in [0.15, 0.2) is 42.5 Å². The van der Waals surface area contributed by atoms with Crippen molar-refractivity contribution in [2.75, 3.05) is 31.1 Å². The van der Waals surface area contributed by atoms with E-state index in [4.69, 9.17) is 0 Å². The maximum absolute atomic E-state index is 13.1. The molecule has 0 aliphatic carbocycles. The minimum absolute atomic E-state index is 0.0253. The number of anilines is 1. The fraction of sp³-hybridized carbons (Fsp3) is 0.391. The lowest BCUT2D eigenvalue weighted by molar-refractivity contribution is -0.130. The number of amides is 1. The fourth-order valence-corrected chi connectivity index (χ4v) is 3.63. The molecule has 0 aromatic heterocycles. The van der Waals surface area contributed by atoms with Crippen molar-refractivity contribution in [3.63, 3.8) is 0 Å². The summed E-state index contributed by atoms with van der Waals surface area (Å²) in [5.74, 6) is -0.194. The molecule has 148 valence electrons. The summed E-state index contributed by atoms with van der Waals surface area (Å²) in [4.78, 5) is 29.2. The van der Waals surface area contributed by atoms with Crippen molar-refractivity contribution in [2.24, 2.45) is 0 Å². The Balaban J connectivity index is 1.54. The second-order valence-corrected chi connectivity index (χ2v) is 7.44. The molecule has 1 amide bonds. The quantitative estimate of drug-likeness (QED) is 0.730.